The molecule has 1 fully saturated rings. The fourth-order valence-electron chi connectivity index (χ4n) is 2.54. The van der Waals surface area contributed by atoms with Gasteiger partial charge >= 0.3 is 0 Å². The van der Waals surface area contributed by atoms with Crippen LogP contribution in [0.25, 0.3) is 0 Å². The summed E-state index contributed by atoms with van der Waals surface area (Å²) in [4.78, 5) is 4.72. The number of nitrogens with zero attached hydrogens (tertiary/aromatic N) is 3. The largest absolute Gasteiger partial charge is 0.392 e. The van der Waals surface area contributed by atoms with Gasteiger partial charge in [0.2, 0.25) is 0 Å². The Kier molecular flexibility index (Phi) is 4.37. The molecule has 2 unspecified atom stereocenters. The molecule has 5 nitrogen and oxygen atoms in total. The lowest BCUT2D eigenvalue weighted by Gasteiger charge is -2.40. The molecule has 0 aromatic carbocycles. The third-order valence-corrected chi connectivity index (χ3v) is 3.40. The smallest absolute Gasteiger partial charge is 0.150 e. The van der Waals surface area contributed by atoms with Crippen LogP contribution in [0.3, 0.4) is 0 Å². The Morgan fingerprint density at radius 1 is 1.56 bits per heavy atom. The summed E-state index contributed by atoms with van der Waals surface area (Å²) < 4.78 is 5.25. The van der Waals surface area contributed by atoms with Crippen molar-refractivity contribution in [2.75, 3.05) is 26.2 Å². The van der Waals surface area contributed by atoms with E-state index in [2.05, 4.69) is 21.9 Å². The first-order chi connectivity index (χ1) is 8.54. The van der Waals surface area contributed by atoms with E-state index in [9.17, 15) is 5.11 Å². The Hall–Kier alpha value is -0.910. The number of aromatic nitrogens is 1. The fraction of sp³-hybridized carbons (Fsp3) is 0.769. The first-order valence-corrected chi connectivity index (χ1v) is 6.61. The van der Waals surface area contributed by atoms with E-state index in [-0.39, 0.29) is 6.10 Å². The summed E-state index contributed by atoms with van der Waals surface area (Å²) in [7, 11) is 0. The SMILES string of the molecule is Cc1cc(CN2CCN(CC(C)O)C(C)C2)on1. The molecule has 1 aromatic heterocycles. The van der Waals surface area contributed by atoms with E-state index in [1.165, 1.54) is 0 Å². The number of piperazine rings is 1. The van der Waals surface area contributed by atoms with Crippen molar-refractivity contribution < 1.29 is 9.63 Å². The summed E-state index contributed by atoms with van der Waals surface area (Å²) in [6, 6.07) is 2.46. The van der Waals surface area contributed by atoms with Gasteiger partial charge in [0.1, 0.15) is 0 Å². The molecule has 1 N–H and O–H groups in total. The number of aliphatic hydroxyl groups excluding tert-OH is 1. The summed E-state index contributed by atoms with van der Waals surface area (Å²) in [6.07, 6.45) is -0.254. The van der Waals surface area contributed by atoms with Gasteiger partial charge in [-0.3, -0.25) is 9.80 Å². The number of β-amino-alcohol motifs (C(OH)–C–C–N with tert-alkyl or cyclic N) is 1. The van der Waals surface area contributed by atoms with Gasteiger partial charge in [-0.05, 0) is 20.8 Å². The van der Waals surface area contributed by atoms with Gasteiger partial charge in [-0.2, -0.15) is 0 Å². The molecular weight excluding hydrogens is 230 g/mol. The first-order valence-electron chi connectivity index (χ1n) is 6.61. The normalized spacial score (nSPS) is 24.3. The Balaban J connectivity index is 1.84. The van der Waals surface area contributed by atoms with Crippen molar-refractivity contribution in [3.63, 3.8) is 0 Å². The molecule has 0 bridgehead atoms. The Morgan fingerprint density at radius 2 is 2.33 bits per heavy atom. The van der Waals surface area contributed by atoms with E-state index < -0.39 is 0 Å². The first kappa shape index (κ1) is 13.5. The molecule has 0 spiro atoms. The maximum absolute atomic E-state index is 9.45. The van der Waals surface area contributed by atoms with Crippen molar-refractivity contribution in [3.8, 4) is 0 Å². The van der Waals surface area contributed by atoms with Crippen LogP contribution in [0, 0.1) is 6.92 Å². The van der Waals surface area contributed by atoms with Crippen molar-refractivity contribution in [1.29, 1.82) is 0 Å². The Labute approximate surface area is 108 Å². The van der Waals surface area contributed by atoms with E-state index in [1.807, 2.05) is 19.9 Å². The highest BCUT2D eigenvalue weighted by Gasteiger charge is 2.24. The summed E-state index contributed by atoms with van der Waals surface area (Å²) in [5, 5.41) is 13.4. The van der Waals surface area contributed by atoms with Gasteiger partial charge in [-0.1, -0.05) is 5.16 Å². The Morgan fingerprint density at radius 3 is 2.89 bits per heavy atom. The molecule has 18 heavy (non-hydrogen) atoms. The van der Waals surface area contributed by atoms with Gasteiger partial charge in [-0.15, -0.1) is 0 Å². The molecule has 0 saturated carbocycles. The average molecular weight is 253 g/mol. The number of aryl methyl sites for hydroxylation is 1. The van der Waals surface area contributed by atoms with Gasteiger partial charge in [0.05, 0.1) is 18.3 Å². The number of aliphatic hydroxyl groups is 1. The predicted molar refractivity (Wildman–Crippen MR) is 69.2 cm³/mol. The number of rotatable bonds is 4. The van der Waals surface area contributed by atoms with E-state index in [1.54, 1.807) is 0 Å². The third kappa shape index (κ3) is 3.54. The molecule has 0 aliphatic carbocycles. The summed E-state index contributed by atoms with van der Waals surface area (Å²) in [5.41, 5.74) is 0.936. The van der Waals surface area contributed by atoms with Crippen LogP contribution in [0.5, 0.6) is 0 Å². The molecule has 102 valence electrons. The van der Waals surface area contributed by atoms with Crippen molar-refractivity contribution >= 4 is 0 Å². The molecule has 2 atom stereocenters. The lowest BCUT2D eigenvalue weighted by molar-refractivity contribution is 0.0392. The monoisotopic (exact) mass is 253 g/mol. The quantitative estimate of drug-likeness (QED) is 0.863. The minimum atomic E-state index is -0.254. The van der Waals surface area contributed by atoms with Gasteiger partial charge in [0.25, 0.3) is 0 Å². The maximum Gasteiger partial charge on any atom is 0.150 e. The van der Waals surface area contributed by atoms with Crippen LogP contribution in [-0.4, -0.2) is 58.4 Å². The second-order valence-corrected chi connectivity index (χ2v) is 5.36. The second-order valence-electron chi connectivity index (χ2n) is 5.36. The highest BCUT2D eigenvalue weighted by Crippen LogP contribution is 2.14. The highest BCUT2D eigenvalue weighted by atomic mass is 16.5. The number of hydrogen-bond acceptors (Lipinski definition) is 5. The fourth-order valence-corrected chi connectivity index (χ4v) is 2.54. The van der Waals surface area contributed by atoms with Crippen molar-refractivity contribution in [1.82, 2.24) is 15.0 Å². The lowest BCUT2D eigenvalue weighted by Crippen LogP contribution is -2.53. The molecule has 1 aliphatic rings. The van der Waals surface area contributed by atoms with Crippen LogP contribution >= 0.6 is 0 Å². The minimum Gasteiger partial charge on any atom is -0.392 e. The van der Waals surface area contributed by atoms with E-state index in [0.29, 0.717) is 6.04 Å². The van der Waals surface area contributed by atoms with E-state index >= 15 is 0 Å². The summed E-state index contributed by atoms with van der Waals surface area (Å²) in [6.45, 7) is 10.6. The molecule has 0 amide bonds. The van der Waals surface area contributed by atoms with Crippen molar-refractivity contribution in [2.45, 2.75) is 39.5 Å². The second kappa shape index (κ2) is 5.82. The highest BCUT2D eigenvalue weighted by molar-refractivity contribution is 5.03. The zero-order chi connectivity index (χ0) is 13.1. The molecule has 2 heterocycles. The van der Waals surface area contributed by atoms with E-state index in [4.69, 9.17) is 4.52 Å². The summed E-state index contributed by atoms with van der Waals surface area (Å²) >= 11 is 0. The minimum absolute atomic E-state index is 0.254. The molecular formula is C13H23N3O2. The average Bonchev–Trinajstić information content (AvgIpc) is 2.68. The molecule has 1 aliphatic heterocycles. The molecule has 1 aromatic rings. The zero-order valence-electron chi connectivity index (χ0n) is 11.5. The van der Waals surface area contributed by atoms with Crippen LogP contribution < -0.4 is 0 Å². The molecule has 5 heteroatoms. The van der Waals surface area contributed by atoms with Crippen LogP contribution in [0.4, 0.5) is 0 Å². The Bertz CT molecular complexity index is 378. The molecule has 1 saturated heterocycles. The van der Waals surface area contributed by atoms with Crippen LogP contribution in [0.15, 0.2) is 10.6 Å². The summed E-state index contributed by atoms with van der Waals surface area (Å²) in [5.74, 6) is 0.934. The molecule has 0 radical (unpaired) electrons. The van der Waals surface area contributed by atoms with Gasteiger partial charge in [0.15, 0.2) is 5.76 Å². The molecule has 2 rings (SSSR count). The van der Waals surface area contributed by atoms with Crippen molar-refractivity contribution in [2.24, 2.45) is 0 Å². The van der Waals surface area contributed by atoms with Crippen molar-refractivity contribution in [3.05, 3.63) is 17.5 Å². The lowest BCUT2D eigenvalue weighted by atomic mass is 10.1. The predicted octanol–water partition coefficient (Wildman–Crippen LogP) is 0.870. The topological polar surface area (TPSA) is 52.7 Å². The van der Waals surface area contributed by atoms with Crippen LogP contribution in [-0.2, 0) is 6.54 Å². The zero-order valence-corrected chi connectivity index (χ0v) is 11.5. The van der Waals surface area contributed by atoms with Gasteiger partial charge < -0.3 is 9.63 Å². The van der Waals surface area contributed by atoms with Gasteiger partial charge in [-0.25, -0.2) is 0 Å². The standard InChI is InChI=1S/C13H23N3O2/c1-10-6-13(18-14-10)9-15-4-5-16(8-12(3)17)11(2)7-15/h6,11-12,17H,4-5,7-9H2,1-3H3. The third-order valence-electron chi connectivity index (χ3n) is 3.40. The number of hydrogen-bond donors (Lipinski definition) is 1. The maximum atomic E-state index is 9.45. The van der Waals surface area contributed by atoms with Crippen LogP contribution in [0.1, 0.15) is 25.3 Å². The van der Waals surface area contributed by atoms with Gasteiger partial charge in [0, 0.05) is 38.3 Å². The van der Waals surface area contributed by atoms with E-state index in [0.717, 1.165) is 44.2 Å². The van der Waals surface area contributed by atoms with Crippen LogP contribution in [0.2, 0.25) is 0 Å².